The molecular weight excluding hydrogens is 182 g/mol. The summed E-state index contributed by atoms with van der Waals surface area (Å²) in [6, 6.07) is 0. The highest BCUT2D eigenvalue weighted by Gasteiger charge is 2.51. The Labute approximate surface area is 84.9 Å². The molecule has 1 N–H and O–H groups in total. The summed E-state index contributed by atoms with van der Waals surface area (Å²) in [6.07, 6.45) is 3.38. The fourth-order valence-corrected chi connectivity index (χ4v) is 2.79. The zero-order chi connectivity index (χ0) is 9.64. The van der Waals surface area contributed by atoms with Crippen molar-refractivity contribution in [3.05, 3.63) is 23.9 Å². The van der Waals surface area contributed by atoms with Gasteiger partial charge in [-0.05, 0) is 31.1 Å². The van der Waals surface area contributed by atoms with Gasteiger partial charge >= 0.3 is 0 Å². The predicted octanol–water partition coefficient (Wildman–Crippen LogP) is 3.03. The van der Waals surface area contributed by atoms with Crippen LogP contribution in [0.15, 0.2) is 23.9 Å². The van der Waals surface area contributed by atoms with Gasteiger partial charge in [-0.1, -0.05) is 31.7 Å². The molecule has 2 heteroatoms. The van der Waals surface area contributed by atoms with E-state index < -0.39 is 0 Å². The predicted molar refractivity (Wildman–Crippen MR) is 56.5 cm³/mol. The summed E-state index contributed by atoms with van der Waals surface area (Å²) in [5.74, 6) is 1.22. The molecule has 1 spiro atoms. The van der Waals surface area contributed by atoms with Gasteiger partial charge in [-0.15, -0.1) is 0 Å². The third kappa shape index (κ3) is 1.30. The minimum Gasteiger partial charge on any atom is -0.383 e. The van der Waals surface area contributed by atoms with Crippen LogP contribution >= 0.6 is 11.6 Å². The molecule has 1 aliphatic carbocycles. The fraction of sp³-hybridized carbons (Fsp3) is 0.636. The number of nitrogens with one attached hydrogen (secondary N) is 1. The summed E-state index contributed by atoms with van der Waals surface area (Å²) < 4.78 is 0. The van der Waals surface area contributed by atoms with E-state index in [1.165, 1.54) is 5.70 Å². The topological polar surface area (TPSA) is 12.0 Å². The molecule has 0 aromatic heterocycles. The van der Waals surface area contributed by atoms with Crippen molar-refractivity contribution in [2.45, 2.75) is 31.7 Å². The van der Waals surface area contributed by atoms with E-state index in [1.807, 2.05) is 0 Å². The monoisotopic (exact) mass is 197 g/mol. The smallest absolute Gasteiger partial charge is 0.0412 e. The number of hydrogen-bond donors (Lipinski definition) is 1. The molecule has 1 nitrogen and oxygen atoms in total. The first-order valence-corrected chi connectivity index (χ1v) is 5.21. The molecule has 72 valence electrons. The van der Waals surface area contributed by atoms with Gasteiger partial charge in [0.15, 0.2) is 0 Å². The van der Waals surface area contributed by atoms with Gasteiger partial charge in [0.05, 0.1) is 0 Å². The highest BCUT2D eigenvalue weighted by atomic mass is 35.5. The van der Waals surface area contributed by atoms with E-state index in [9.17, 15) is 0 Å². The van der Waals surface area contributed by atoms with Crippen LogP contribution in [0.3, 0.4) is 0 Å². The van der Waals surface area contributed by atoms with E-state index in [-0.39, 0.29) is 0 Å². The maximum Gasteiger partial charge on any atom is 0.0412 e. The van der Waals surface area contributed by atoms with Gasteiger partial charge < -0.3 is 5.32 Å². The van der Waals surface area contributed by atoms with E-state index >= 15 is 0 Å². The van der Waals surface area contributed by atoms with Crippen molar-refractivity contribution in [1.29, 1.82) is 0 Å². The molecular formula is C11H16ClN. The number of hydrogen-bond acceptors (Lipinski definition) is 1. The normalized spacial score (nSPS) is 43.1. The summed E-state index contributed by atoms with van der Waals surface area (Å²) in [6.45, 7) is 10.1. The third-order valence-electron chi connectivity index (χ3n) is 3.59. The lowest BCUT2D eigenvalue weighted by atomic mass is 9.63. The van der Waals surface area contributed by atoms with Gasteiger partial charge in [-0.25, -0.2) is 0 Å². The van der Waals surface area contributed by atoms with E-state index in [0.717, 1.165) is 24.3 Å². The maximum atomic E-state index is 5.88. The van der Waals surface area contributed by atoms with Gasteiger partial charge in [-0.3, -0.25) is 0 Å². The van der Waals surface area contributed by atoms with Crippen LogP contribution in [0, 0.1) is 11.8 Å². The van der Waals surface area contributed by atoms with Crippen molar-refractivity contribution in [1.82, 2.24) is 5.32 Å². The minimum absolute atomic E-state index is 0.305. The Bertz CT molecular complexity index is 263. The summed E-state index contributed by atoms with van der Waals surface area (Å²) in [5.41, 5.74) is 1.49. The molecule has 1 heterocycles. The first-order valence-electron chi connectivity index (χ1n) is 4.84. The lowest BCUT2D eigenvalue weighted by molar-refractivity contribution is 0.114. The van der Waals surface area contributed by atoms with Gasteiger partial charge in [0.2, 0.25) is 0 Å². The third-order valence-corrected chi connectivity index (χ3v) is 3.89. The van der Waals surface area contributed by atoms with E-state index in [2.05, 4.69) is 25.4 Å². The van der Waals surface area contributed by atoms with Crippen LogP contribution in [0.5, 0.6) is 0 Å². The molecule has 0 radical (unpaired) electrons. The molecule has 0 aromatic rings. The number of allylic oxidation sites excluding steroid dienone is 2. The zero-order valence-electron chi connectivity index (χ0n) is 8.07. The van der Waals surface area contributed by atoms with Crippen LogP contribution in [0.4, 0.5) is 0 Å². The standard InChI is InChI=1S/C11H16ClN/c1-7-4-8(2)13-11(7)5-10(6-11)9(3)12/h7,10,13H,2-6H2,1H3. The van der Waals surface area contributed by atoms with Crippen molar-refractivity contribution in [2.24, 2.45) is 11.8 Å². The summed E-state index contributed by atoms with van der Waals surface area (Å²) in [7, 11) is 0. The molecule has 0 bridgehead atoms. The zero-order valence-corrected chi connectivity index (χ0v) is 8.82. The van der Waals surface area contributed by atoms with Crippen molar-refractivity contribution in [3.63, 3.8) is 0 Å². The number of halogens is 1. The molecule has 2 aliphatic rings. The van der Waals surface area contributed by atoms with Crippen LogP contribution in [0.2, 0.25) is 0 Å². The quantitative estimate of drug-likeness (QED) is 0.682. The second-order valence-electron chi connectivity index (χ2n) is 4.54. The van der Waals surface area contributed by atoms with Crippen LogP contribution in [-0.2, 0) is 0 Å². The summed E-state index contributed by atoms with van der Waals surface area (Å²) in [5, 5.41) is 4.32. The Morgan fingerprint density at radius 2 is 2.23 bits per heavy atom. The average Bonchev–Trinajstić information content (AvgIpc) is 2.21. The van der Waals surface area contributed by atoms with Crippen molar-refractivity contribution in [2.75, 3.05) is 0 Å². The lowest BCUT2D eigenvalue weighted by Crippen LogP contribution is -2.54. The molecule has 0 aromatic carbocycles. The van der Waals surface area contributed by atoms with Crippen molar-refractivity contribution >= 4 is 11.6 Å². The fourth-order valence-electron chi connectivity index (χ4n) is 2.64. The van der Waals surface area contributed by atoms with Gasteiger partial charge in [0, 0.05) is 16.3 Å². The second kappa shape index (κ2) is 2.78. The van der Waals surface area contributed by atoms with Gasteiger partial charge in [-0.2, -0.15) is 0 Å². The van der Waals surface area contributed by atoms with Gasteiger partial charge in [0.25, 0.3) is 0 Å². The first kappa shape index (κ1) is 9.14. The Kier molecular flexibility index (Phi) is 1.95. The molecule has 1 unspecified atom stereocenters. The Morgan fingerprint density at radius 1 is 1.62 bits per heavy atom. The summed E-state index contributed by atoms with van der Waals surface area (Å²) >= 11 is 5.88. The van der Waals surface area contributed by atoms with E-state index in [0.29, 0.717) is 17.4 Å². The molecule has 1 saturated carbocycles. The minimum atomic E-state index is 0.305. The Morgan fingerprint density at radius 3 is 2.62 bits per heavy atom. The molecule has 1 saturated heterocycles. The van der Waals surface area contributed by atoms with Crippen LogP contribution in [0.1, 0.15) is 26.2 Å². The first-order chi connectivity index (χ1) is 6.03. The van der Waals surface area contributed by atoms with Crippen LogP contribution in [0.25, 0.3) is 0 Å². The van der Waals surface area contributed by atoms with E-state index in [1.54, 1.807) is 0 Å². The highest BCUT2D eigenvalue weighted by molar-refractivity contribution is 6.29. The highest BCUT2D eigenvalue weighted by Crippen LogP contribution is 2.51. The molecule has 13 heavy (non-hydrogen) atoms. The second-order valence-corrected chi connectivity index (χ2v) is 5.03. The number of rotatable bonds is 1. The Balaban J connectivity index is 2.03. The summed E-state index contributed by atoms with van der Waals surface area (Å²) in [4.78, 5) is 0. The molecule has 2 fully saturated rings. The van der Waals surface area contributed by atoms with Gasteiger partial charge in [0.1, 0.15) is 0 Å². The molecule has 0 amide bonds. The molecule has 1 atom stereocenters. The van der Waals surface area contributed by atoms with Crippen LogP contribution < -0.4 is 5.32 Å². The molecule has 1 aliphatic heterocycles. The average molecular weight is 198 g/mol. The SMILES string of the molecule is C=C1CC(C)C2(CC(C(=C)Cl)C2)N1. The van der Waals surface area contributed by atoms with Crippen molar-refractivity contribution < 1.29 is 0 Å². The molecule has 2 rings (SSSR count). The Hall–Kier alpha value is -0.430. The van der Waals surface area contributed by atoms with E-state index in [4.69, 9.17) is 11.6 Å². The van der Waals surface area contributed by atoms with Crippen molar-refractivity contribution in [3.8, 4) is 0 Å². The maximum absolute atomic E-state index is 5.88. The lowest BCUT2D eigenvalue weighted by Gasteiger charge is -2.48. The largest absolute Gasteiger partial charge is 0.383 e. The van der Waals surface area contributed by atoms with Crippen LogP contribution in [-0.4, -0.2) is 5.54 Å².